The van der Waals surface area contributed by atoms with E-state index in [4.69, 9.17) is 0 Å². The average molecular weight is 267 g/mol. The van der Waals surface area contributed by atoms with Crippen molar-refractivity contribution in [2.75, 3.05) is 13.1 Å². The second-order valence-electron chi connectivity index (χ2n) is 4.06. The van der Waals surface area contributed by atoms with Gasteiger partial charge < -0.3 is 10.1 Å². The van der Waals surface area contributed by atoms with E-state index in [1.165, 1.54) is 0 Å². The van der Waals surface area contributed by atoms with Crippen LogP contribution in [0.15, 0.2) is 0 Å². The first-order valence-electron chi connectivity index (χ1n) is 5.44. The zero-order valence-electron chi connectivity index (χ0n) is 10.6. The van der Waals surface area contributed by atoms with Crippen molar-refractivity contribution in [1.82, 2.24) is 14.8 Å². The minimum absolute atomic E-state index is 0.197. The van der Waals surface area contributed by atoms with Gasteiger partial charge in [-0.3, -0.25) is 0 Å². The van der Waals surface area contributed by atoms with Gasteiger partial charge >= 0.3 is 16.3 Å². The zero-order chi connectivity index (χ0) is 13.5. The molecule has 3 N–H and O–H groups in total. The molecule has 1 amide bonds. The first-order chi connectivity index (χ1) is 7.73. The van der Waals surface area contributed by atoms with Gasteiger partial charge in [0.15, 0.2) is 0 Å². The molecule has 0 aromatic heterocycles. The topological polar surface area (TPSA) is 96.5 Å². The van der Waals surface area contributed by atoms with Crippen LogP contribution in [0.1, 0.15) is 27.7 Å². The van der Waals surface area contributed by atoms with Crippen LogP contribution in [-0.4, -0.2) is 39.7 Å². The Balaban J connectivity index is 3.92. The molecule has 0 spiro atoms. The highest BCUT2D eigenvalue weighted by atomic mass is 32.2. The fourth-order valence-electron chi connectivity index (χ4n) is 0.930. The number of carbonyl (C=O) groups is 1. The van der Waals surface area contributed by atoms with Gasteiger partial charge in [-0.1, -0.05) is 13.8 Å². The fourth-order valence-corrected chi connectivity index (χ4v) is 1.64. The summed E-state index contributed by atoms with van der Waals surface area (Å²) in [6, 6.07) is 0.276. The Morgan fingerprint density at radius 2 is 1.76 bits per heavy atom. The molecule has 0 heterocycles. The minimum Gasteiger partial charge on any atom is -0.446 e. The third-order valence-corrected chi connectivity index (χ3v) is 2.55. The summed E-state index contributed by atoms with van der Waals surface area (Å²) in [4.78, 5) is 11.0. The highest BCUT2D eigenvalue weighted by molar-refractivity contribution is 7.88. The molecule has 0 saturated carbocycles. The predicted octanol–water partition coefficient (Wildman–Crippen LogP) is -0.0466. The van der Waals surface area contributed by atoms with Gasteiger partial charge in [-0.05, 0) is 13.8 Å². The van der Waals surface area contributed by atoms with Crippen LogP contribution in [0.25, 0.3) is 0 Å². The second kappa shape index (κ2) is 7.46. The van der Waals surface area contributed by atoms with Gasteiger partial charge in [-0.15, -0.1) is 0 Å². The van der Waals surface area contributed by atoms with E-state index in [0.717, 1.165) is 0 Å². The van der Waals surface area contributed by atoms with Crippen molar-refractivity contribution in [2.24, 2.45) is 0 Å². The predicted molar refractivity (Wildman–Crippen MR) is 64.8 cm³/mol. The SMILES string of the molecule is CC(C)NCCNS(=O)(=O)NC(=O)OC(C)C. The van der Waals surface area contributed by atoms with Crippen LogP contribution in [0.2, 0.25) is 0 Å². The number of hydrogen-bond acceptors (Lipinski definition) is 5. The molecule has 17 heavy (non-hydrogen) atoms. The molecule has 0 aliphatic carbocycles. The first-order valence-corrected chi connectivity index (χ1v) is 6.92. The zero-order valence-corrected chi connectivity index (χ0v) is 11.4. The lowest BCUT2D eigenvalue weighted by atomic mass is 10.4. The van der Waals surface area contributed by atoms with Crippen LogP contribution >= 0.6 is 0 Å². The van der Waals surface area contributed by atoms with Crippen molar-refractivity contribution in [3.05, 3.63) is 0 Å². The molecular weight excluding hydrogens is 246 g/mol. The van der Waals surface area contributed by atoms with Gasteiger partial charge in [0.1, 0.15) is 0 Å². The molecule has 0 atom stereocenters. The van der Waals surface area contributed by atoms with E-state index >= 15 is 0 Å². The average Bonchev–Trinajstić information content (AvgIpc) is 2.09. The van der Waals surface area contributed by atoms with Crippen molar-refractivity contribution in [2.45, 2.75) is 39.8 Å². The summed E-state index contributed by atoms with van der Waals surface area (Å²) in [5.74, 6) is 0. The Kier molecular flexibility index (Phi) is 7.09. The number of hydrogen-bond donors (Lipinski definition) is 3. The van der Waals surface area contributed by atoms with E-state index in [1.54, 1.807) is 18.6 Å². The summed E-state index contributed by atoms with van der Waals surface area (Å²) in [5, 5.41) is 3.03. The second-order valence-corrected chi connectivity index (χ2v) is 5.56. The largest absolute Gasteiger partial charge is 0.446 e. The molecule has 0 bridgehead atoms. The summed E-state index contributed by atoms with van der Waals surface area (Å²) in [5.41, 5.74) is 0. The Labute approximate surface area is 102 Å². The summed E-state index contributed by atoms with van der Waals surface area (Å²) >= 11 is 0. The van der Waals surface area contributed by atoms with E-state index in [-0.39, 0.29) is 18.7 Å². The Morgan fingerprint density at radius 1 is 1.18 bits per heavy atom. The van der Waals surface area contributed by atoms with E-state index in [1.807, 2.05) is 13.8 Å². The molecule has 0 rings (SSSR count). The molecule has 0 aliphatic heterocycles. The molecule has 8 heteroatoms. The van der Waals surface area contributed by atoms with Gasteiger partial charge in [0, 0.05) is 19.1 Å². The third kappa shape index (κ3) is 10.0. The van der Waals surface area contributed by atoms with Crippen molar-refractivity contribution in [1.29, 1.82) is 0 Å². The van der Waals surface area contributed by atoms with Crippen molar-refractivity contribution >= 4 is 16.3 Å². The lowest BCUT2D eigenvalue weighted by Crippen LogP contribution is -2.43. The summed E-state index contributed by atoms with van der Waals surface area (Å²) in [6.45, 7) is 7.85. The normalized spacial score (nSPS) is 11.9. The van der Waals surface area contributed by atoms with Gasteiger partial charge in [-0.25, -0.2) is 9.52 Å². The summed E-state index contributed by atoms with van der Waals surface area (Å²) in [6.07, 6.45) is -1.35. The molecule has 0 unspecified atom stereocenters. The van der Waals surface area contributed by atoms with Gasteiger partial charge in [0.25, 0.3) is 0 Å². The third-order valence-electron chi connectivity index (χ3n) is 1.53. The highest BCUT2D eigenvalue weighted by Crippen LogP contribution is 1.89. The van der Waals surface area contributed by atoms with Crippen LogP contribution in [0.3, 0.4) is 0 Å². The highest BCUT2D eigenvalue weighted by Gasteiger charge is 2.15. The maximum Gasteiger partial charge on any atom is 0.422 e. The number of carbonyl (C=O) groups excluding carboxylic acids is 1. The van der Waals surface area contributed by atoms with Gasteiger partial charge in [0.05, 0.1) is 6.10 Å². The molecule has 102 valence electrons. The van der Waals surface area contributed by atoms with Crippen LogP contribution < -0.4 is 14.8 Å². The number of nitrogens with one attached hydrogen (secondary N) is 3. The van der Waals surface area contributed by atoms with E-state index < -0.39 is 16.3 Å². The molecule has 0 saturated heterocycles. The molecule has 0 fully saturated rings. The van der Waals surface area contributed by atoms with E-state index in [0.29, 0.717) is 6.54 Å². The maximum absolute atomic E-state index is 11.3. The van der Waals surface area contributed by atoms with Gasteiger partial charge in [0.2, 0.25) is 0 Å². The molecule has 0 aromatic carbocycles. The van der Waals surface area contributed by atoms with E-state index in [9.17, 15) is 13.2 Å². The molecule has 0 aromatic rings. The lowest BCUT2D eigenvalue weighted by Gasteiger charge is -2.11. The van der Waals surface area contributed by atoms with Gasteiger partial charge in [-0.2, -0.15) is 13.1 Å². The van der Waals surface area contributed by atoms with Crippen molar-refractivity contribution in [3.8, 4) is 0 Å². The lowest BCUT2D eigenvalue weighted by molar-refractivity contribution is 0.121. The molecule has 0 aliphatic rings. The monoisotopic (exact) mass is 267 g/mol. The van der Waals surface area contributed by atoms with Crippen LogP contribution in [-0.2, 0) is 14.9 Å². The summed E-state index contributed by atoms with van der Waals surface area (Å²) < 4.78 is 31.2. The first kappa shape index (κ1) is 16.1. The Hall–Kier alpha value is -0.860. The molecule has 0 radical (unpaired) electrons. The standard InChI is InChI=1S/C9H21N3O4S/c1-7(2)10-5-6-11-17(14,15)12-9(13)16-8(3)4/h7-8,10-11H,5-6H2,1-4H3,(H,12,13). The molecular formula is C9H21N3O4S. The van der Waals surface area contributed by atoms with Crippen LogP contribution in [0.5, 0.6) is 0 Å². The smallest absolute Gasteiger partial charge is 0.422 e. The van der Waals surface area contributed by atoms with E-state index in [2.05, 4.69) is 14.8 Å². The van der Waals surface area contributed by atoms with Crippen molar-refractivity contribution in [3.63, 3.8) is 0 Å². The summed E-state index contributed by atoms with van der Waals surface area (Å²) in [7, 11) is -3.84. The molecule has 7 nitrogen and oxygen atoms in total. The minimum atomic E-state index is -3.84. The number of rotatable bonds is 7. The number of amides is 1. The van der Waals surface area contributed by atoms with Crippen LogP contribution in [0, 0.1) is 0 Å². The number of ether oxygens (including phenoxy) is 1. The fraction of sp³-hybridized carbons (Fsp3) is 0.889. The Bertz CT molecular complexity index is 327. The Morgan fingerprint density at radius 3 is 2.24 bits per heavy atom. The maximum atomic E-state index is 11.3. The van der Waals surface area contributed by atoms with Crippen LogP contribution in [0.4, 0.5) is 4.79 Å². The van der Waals surface area contributed by atoms with Crippen molar-refractivity contribution < 1.29 is 17.9 Å². The quantitative estimate of drug-likeness (QED) is 0.562.